The molecule has 4 saturated heterocycles. The lowest BCUT2D eigenvalue weighted by Crippen LogP contribution is -2.46. The number of hydrogen-bond acceptors (Lipinski definition) is 16. The van der Waals surface area contributed by atoms with E-state index in [9.17, 15) is 16.8 Å². The molecule has 0 saturated carbocycles. The summed E-state index contributed by atoms with van der Waals surface area (Å²) in [5.74, 6) is 2.03. The first-order chi connectivity index (χ1) is 36.2. The SMILES string of the molecule is Cc1cnc(Nc2ccc(N3CCN(Cc4cc(Nc5nc(Nc6ccc(N7CCN(C)CC7)cc6)ncc5C)cc(S(=O)(=O)N5CCCCC5C)c4)CC3)cc2)nc1Nc1cccc(S(=O)(=O)N2CCCCC2)c1. The highest BCUT2D eigenvalue weighted by molar-refractivity contribution is 7.89. The summed E-state index contributed by atoms with van der Waals surface area (Å²) in [5.41, 5.74) is 7.84. The van der Waals surface area contributed by atoms with Crippen LogP contribution in [0.15, 0.2) is 113 Å². The van der Waals surface area contributed by atoms with E-state index in [1.54, 1.807) is 45.3 Å². The number of sulfonamides is 2. The molecule has 18 nitrogen and oxygen atoms in total. The third kappa shape index (κ3) is 12.5. The van der Waals surface area contributed by atoms with Gasteiger partial charge in [-0.25, -0.2) is 26.8 Å². The topological polar surface area (TPSA) is 187 Å². The Morgan fingerprint density at radius 2 is 1.08 bits per heavy atom. The van der Waals surface area contributed by atoms with Crippen LogP contribution in [0.5, 0.6) is 0 Å². The molecule has 4 fully saturated rings. The lowest BCUT2D eigenvalue weighted by Gasteiger charge is -2.36. The van der Waals surface area contributed by atoms with Gasteiger partial charge >= 0.3 is 0 Å². The van der Waals surface area contributed by atoms with Crippen molar-refractivity contribution in [2.75, 3.05) is 110 Å². The Hall–Kier alpha value is -6.42. The molecule has 396 valence electrons. The van der Waals surface area contributed by atoms with Crippen molar-refractivity contribution < 1.29 is 16.8 Å². The molecule has 6 aromatic rings. The van der Waals surface area contributed by atoms with Crippen molar-refractivity contribution in [3.63, 3.8) is 0 Å². The Morgan fingerprint density at radius 3 is 1.67 bits per heavy atom. The second-order valence-corrected chi connectivity index (χ2v) is 24.2. The minimum absolute atomic E-state index is 0.0735. The number of aryl methyl sites for hydroxylation is 2. The lowest BCUT2D eigenvalue weighted by atomic mass is 10.1. The zero-order valence-electron chi connectivity index (χ0n) is 43.5. The van der Waals surface area contributed by atoms with Crippen molar-refractivity contribution in [3.8, 4) is 0 Å². The van der Waals surface area contributed by atoms with Gasteiger partial charge in [0.05, 0.1) is 9.79 Å². The van der Waals surface area contributed by atoms with Crippen LogP contribution in [0.3, 0.4) is 0 Å². The molecule has 0 amide bonds. The number of rotatable bonds is 16. The Morgan fingerprint density at radius 1 is 0.533 bits per heavy atom. The van der Waals surface area contributed by atoms with E-state index in [0.29, 0.717) is 61.1 Å². The minimum atomic E-state index is -3.78. The van der Waals surface area contributed by atoms with Crippen molar-refractivity contribution in [2.45, 2.75) is 81.7 Å². The Kier molecular flexibility index (Phi) is 15.8. The number of anilines is 10. The predicted octanol–water partition coefficient (Wildman–Crippen LogP) is 8.67. The quantitative estimate of drug-likeness (QED) is 0.0721. The monoisotopic (exact) mass is 1050 g/mol. The Bertz CT molecular complexity index is 3160. The number of nitrogens with zero attached hydrogens (tertiary/aromatic N) is 10. The van der Waals surface area contributed by atoms with Gasteiger partial charge in [-0.05, 0) is 144 Å². The van der Waals surface area contributed by atoms with Gasteiger partial charge in [0.2, 0.25) is 31.9 Å². The molecular formula is C55H70N14O4S2. The normalized spacial score (nSPS) is 18.7. The fourth-order valence-electron chi connectivity index (χ4n) is 10.3. The van der Waals surface area contributed by atoms with E-state index in [-0.39, 0.29) is 15.8 Å². The summed E-state index contributed by atoms with van der Waals surface area (Å²) in [6, 6.07) is 29.0. The Labute approximate surface area is 442 Å². The molecule has 4 aliphatic rings. The molecule has 4 N–H and O–H groups in total. The zero-order chi connectivity index (χ0) is 52.1. The van der Waals surface area contributed by atoms with Gasteiger partial charge < -0.3 is 36.0 Å². The first-order valence-corrected chi connectivity index (χ1v) is 29.2. The molecule has 2 aromatic heterocycles. The second kappa shape index (κ2) is 22.8. The molecular weight excluding hydrogens is 985 g/mol. The highest BCUT2D eigenvalue weighted by atomic mass is 32.2. The van der Waals surface area contributed by atoms with Crippen molar-refractivity contribution in [1.82, 2.24) is 38.3 Å². The fraction of sp³-hybridized carbons (Fsp3) is 0.418. The average molecular weight is 1060 g/mol. The highest BCUT2D eigenvalue weighted by Crippen LogP contribution is 2.32. The van der Waals surface area contributed by atoms with Crippen LogP contribution in [0, 0.1) is 13.8 Å². The van der Waals surface area contributed by atoms with E-state index < -0.39 is 20.0 Å². The number of likely N-dealkylation sites (N-methyl/N-ethyl adjacent to an activating group) is 1. The third-order valence-corrected chi connectivity index (χ3v) is 18.7. The number of nitrogens with one attached hydrogen (secondary N) is 4. The Balaban J connectivity index is 0.786. The fourth-order valence-corrected chi connectivity index (χ4v) is 13.7. The van der Waals surface area contributed by atoms with Crippen LogP contribution >= 0.6 is 0 Å². The van der Waals surface area contributed by atoms with E-state index in [4.69, 9.17) is 9.97 Å². The molecule has 1 unspecified atom stereocenters. The summed E-state index contributed by atoms with van der Waals surface area (Å²) in [4.78, 5) is 28.8. The first-order valence-electron chi connectivity index (χ1n) is 26.4. The molecule has 0 spiro atoms. The molecule has 20 heteroatoms. The van der Waals surface area contributed by atoms with Crippen molar-refractivity contribution in [3.05, 3.63) is 120 Å². The van der Waals surface area contributed by atoms with E-state index in [2.05, 4.69) is 94.3 Å². The molecule has 1 atom stereocenters. The van der Waals surface area contributed by atoms with Crippen LogP contribution in [0.2, 0.25) is 0 Å². The lowest BCUT2D eigenvalue weighted by molar-refractivity contribution is 0.249. The summed E-state index contributed by atoms with van der Waals surface area (Å²) >= 11 is 0. The zero-order valence-corrected chi connectivity index (χ0v) is 45.2. The van der Waals surface area contributed by atoms with Crippen LogP contribution < -0.4 is 31.1 Å². The predicted molar refractivity (Wildman–Crippen MR) is 299 cm³/mol. The van der Waals surface area contributed by atoms with Crippen LogP contribution in [-0.2, 0) is 26.6 Å². The molecule has 75 heavy (non-hydrogen) atoms. The summed E-state index contributed by atoms with van der Waals surface area (Å²) in [6.07, 6.45) is 9.04. The van der Waals surface area contributed by atoms with E-state index in [0.717, 1.165) is 125 Å². The van der Waals surface area contributed by atoms with E-state index >= 15 is 0 Å². The summed E-state index contributed by atoms with van der Waals surface area (Å²) in [5, 5.41) is 13.5. The molecule has 0 bridgehead atoms. The van der Waals surface area contributed by atoms with E-state index in [1.807, 2.05) is 51.1 Å². The van der Waals surface area contributed by atoms with Crippen molar-refractivity contribution in [1.29, 1.82) is 0 Å². The summed E-state index contributed by atoms with van der Waals surface area (Å²) < 4.78 is 58.9. The van der Waals surface area contributed by atoms with Crippen LogP contribution in [0.1, 0.15) is 62.1 Å². The third-order valence-electron chi connectivity index (χ3n) is 14.8. The van der Waals surface area contributed by atoms with Gasteiger partial charge in [0, 0.05) is 142 Å². The largest absolute Gasteiger partial charge is 0.369 e. The maximum Gasteiger partial charge on any atom is 0.243 e. The average Bonchev–Trinajstić information content (AvgIpc) is 3.42. The number of piperidine rings is 2. The summed E-state index contributed by atoms with van der Waals surface area (Å²) in [6.45, 7) is 15.3. The van der Waals surface area contributed by atoms with Gasteiger partial charge in [-0.3, -0.25) is 4.90 Å². The highest BCUT2D eigenvalue weighted by Gasteiger charge is 2.32. The van der Waals surface area contributed by atoms with Crippen molar-refractivity contribution >= 4 is 77.7 Å². The standard InChI is InChI=1S/C55H70N14O4S2/c1-40-37-56-54(62-52(40)58-46-12-10-13-50(35-46)74(70,71)68-22-7-5-8-23-68)60-45-16-20-49(21-17-45)67-31-27-65(28-32-67)39-43-33-47(36-51(34-43)75(72,73)69-24-9-6-11-42(69)3)59-53-41(2)38-57-55(63-53)61-44-14-18-48(19-15-44)66-29-25-64(4)26-30-66/h10,12-21,33-38,42H,5-9,11,22-32,39H2,1-4H3,(H2,56,58,60,62)(H2,57,59,61,63). The smallest absolute Gasteiger partial charge is 0.243 e. The number of aromatic nitrogens is 4. The van der Waals surface area contributed by atoms with Gasteiger partial charge in [-0.1, -0.05) is 18.9 Å². The maximum absolute atomic E-state index is 14.4. The maximum atomic E-state index is 14.4. The molecule has 0 aliphatic carbocycles. The van der Waals surface area contributed by atoms with Gasteiger partial charge in [-0.15, -0.1) is 0 Å². The van der Waals surface area contributed by atoms with Gasteiger partial charge in [0.1, 0.15) is 11.6 Å². The van der Waals surface area contributed by atoms with Crippen LogP contribution in [0.25, 0.3) is 0 Å². The molecule has 10 rings (SSSR count). The van der Waals surface area contributed by atoms with E-state index in [1.165, 1.54) is 5.69 Å². The van der Waals surface area contributed by atoms with Gasteiger partial charge in [0.25, 0.3) is 0 Å². The van der Waals surface area contributed by atoms with Gasteiger partial charge in [-0.2, -0.15) is 18.6 Å². The minimum Gasteiger partial charge on any atom is -0.369 e. The molecule has 4 aliphatic heterocycles. The molecule has 0 radical (unpaired) electrons. The second-order valence-electron chi connectivity index (χ2n) is 20.4. The first kappa shape index (κ1) is 52.0. The van der Waals surface area contributed by atoms with Crippen molar-refractivity contribution in [2.24, 2.45) is 0 Å². The van der Waals surface area contributed by atoms with Crippen LogP contribution in [0.4, 0.5) is 57.7 Å². The number of piperazine rings is 2. The van der Waals surface area contributed by atoms with Gasteiger partial charge in [0.15, 0.2) is 0 Å². The summed E-state index contributed by atoms with van der Waals surface area (Å²) in [7, 11) is -5.20. The number of hydrogen-bond donors (Lipinski definition) is 4. The molecule has 6 heterocycles. The molecule has 4 aromatic carbocycles. The van der Waals surface area contributed by atoms with Crippen LogP contribution in [-0.4, -0.2) is 140 Å². The number of benzene rings is 4.